The van der Waals surface area contributed by atoms with E-state index in [4.69, 9.17) is 14.2 Å². The van der Waals surface area contributed by atoms with Crippen LogP contribution in [0.1, 0.15) is 278 Å². The predicted molar refractivity (Wildman–Crippen MR) is 306 cm³/mol. The SMILES string of the molecule is CC/C=C\C/C=C\C/C=C\C/C=C\CCCCCCCCCOCC(COC(=O)CCCCCCCCC/C=C\C/C=C\C/C=C\CC)OC(=O)CCCCCCCCC/C=C\CCCCCCCC. The Morgan fingerprint density at radius 1 is 0.329 bits per heavy atom. The lowest BCUT2D eigenvalue weighted by Gasteiger charge is -2.18. The van der Waals surface area contributed by atoms with Crippen LogP contribution in [0.5, 0.6) is 0 Å². The average molecular weight is 974 g/mol. The van der Waals surface area contributed by atoms with E-state index < -0.39 is 6.10 Å². The summed E-state index contributed by atoms with van der Waals surface area (Å²) >= 11 is 0. The zero-order valence-corrected chi connectivity index (χ0v) is 46.3. The summed E-state index contributed by atoms with van der Waals surface area (Å²) in [5.41, 5.74) is 0. The lowest BCUT2D eigenvalue weighted by atomic mass is 10.1. The molecular formula is C65H112O5. The summed E-state index contributed by atoms with van der Waals surface area (Å²) in [4.78, 5) is 25.6. The number of unbranched alkanes of at least 4 members (excludes halogenated alkanes) is 27. The fourth-order valence-electron chi connectivity index (χ4n) is 8.22. The number of allylic oxidation sites excluding steroid dienone is 16. The third-order valence-electron chi connectivity index (χ3n) is 12.6. The first-order valence-electron chi connectivity index (χ1n) is 29.8. The minimum absolute atomic E-state index is 0.0702. The fourth-order valence-corrected chi connectivity index (χ4v) is 8.22. The van der Waals surface area contributed by atoms with Crippen LogP contribution in [0, 0.1) is 0 Å². The summed E-state index contributed by atoms with van der Waals surface area (Å²) in [7, 11) is 0. The van der Waals surface area contributed by atoms with Gasteiger partial charge in [-0.05, 0) is 116 Å². The molecule has 402 valence electrons. The van der Waals surface area contributed by atoms with Crippen LogP contribution in [0.25, 0.3) is 0 Å². The third kappa shape index (κ3) is 57.4. The molecule has 5 nitrogen and oxygen atoms in total. The van der Waals surface area contributed by atoms with E-state index in [0.717, 1.165) is 103 Å². The minimum Gasteiger partial charge on any atom is -0.462 e. The quantitative estimate of drug-likeness (QED) is 0.0345. The number of esters is 2. The Hall–Kier alpha value is -3.18. The maximum atomic E-state index is 12.9. The Morgan fingerprint density at radius 2 is 0.643 bits per heavy atom. The van der Waals surface area contributed by atoms with E-state index in [-0.39, 0.29) is 25.2 Å². The van der Waals surface area contributed by atoms with Gasteiger partial charge < -0.3 is 14.2 Å². The standard InChI is InChI=1S/C65H112O5/c1-4-7-10-13-16-19-22-25-28-31-32-33-36-39-42-45-48-51-54-57-60-68-61-63(70-65(67)59-56-53-50-47-44-41-38-35-30-27-24-21-18-15-12-9-6-3)62-69-64(66)58-55-52-49-46-43-40-37-34-29-26-23-20-17-14-11-8-5-2/h7-8,10-11,16-17,19-20,25-30,32-33,63H,4-6,9,12-15,18,21-24,31,34-62H2,1-3H3/b10-7-,11-8-,19-16-,20-17-,28-25-,29-26-,30-27-,33-32-. The Labute approximate surface area is 434 Å². The van der Waals surface area contributed by atoms with Crippen LogP contribution >= 0.6 is 0 Å². The first kappa shape index (κ1) is 66.8. The minimum atomic E-state index is -0.555. The molecule has 5 heteroatoms. The van der Waals surface area contributed by atoms with Crippen molar-refractivity contribution in [3.05, 3.63) is 97.2 Å². The zero-order valence-electron chi connectivity index (χ0n) is 46.3. The van der Waals surface area contributed by atoms with Crippen molar-refractivity contribution in [3.63, 3.8) is 0 Å². The average Bonchev–Trinajstić information content (AvgIpc) is 3.36. The summed E-state index contributed by atoms with van der Waals surface area (Å²) < 4.78 is 17.5. The van der Waals surface area contributed by atoms with Gasteiger partial charge in [-0.3, -0.25) is 9.59 Å². The molecule has 0 radical (unpaired) electrons. The van der Waals surface area contributed by atoms with Gasteiger partial charge in [0.2, 0.25) is 0 Å². The van der Waals surface area contributed by atoms with Gasteiger partial charge in [-0.1, -0.05) is 246 Å². The van der Waals surface area contributed by atoms with Crippen molar-refractivity contribution in [3.8, 4) is 0 Å². The van der Waals surface area contributed by atoms with Crippen molar-refractivity contribution in [1.29, 1.82) is 0 Å². The molecule has 0 rings (SSSR count). The molecule has 0 bridgehead atoms. The molecule has 0 aromatic rings. The number of carbonyl (C=O) groups is 2. The molecule has 1 unspecified atom stereocenters. The molecule has 0 saturated carbocycles. The third-order valence-corrected chi connectivity index (χ3v) is 12.6. The first-order chi connectivity index (χ1) is 34.6. The topological polar surface area (TPSA) is 61.8 Å². The van der Waals surface area contributed by atoms with Gasteiger partial charge in [0.25, 0.3) is 0 Å². The van der Waals surface area contributed by atoms with Gasteiger partial charge in [-0.2, -0.15) is 0 Å². The van der Waals surface area contributed by atoms with Crippen molar-refractivity contribution < 1.29 is 23.8 Å². The van der Waals surface area contributed by atoms with E-state index in [1.807, 2.05) is 0 Å². The highest BCUT2D eigenvalue weighted by molar-refractivity contribution is 5.70. The predicted octanol–water partition coefficient (Wildman–Crippen LogP) is 20.6. The van der Waals surface area contributed by atoms with E-state index in [1.165, 1.54) is 141 Å². The summed E-state index contributed by atoms with van der Waals surface area (Å²) in [6.45, 7) is 7.59. The molecule has 0 heterocycles. The lowest BCUT2D eigenvalue weighted by Crippen LogP contribution is -2.30. The molecule has 0 aromatic heterocycles. The smallest absolute Gasteiger partial charge is 0.306 e. The zero-order chi connectivity index (χ0) is 50.6. The van der Waals surface area contributed by atoms with E-state index in [0.29, 0.717) is 19.4 Å². The second kappa shape index (κ2) is 60.1. The van der Waals surface area contributed by atoms with E-state index in [1.54, 1.807) is 0 Å². The molecule has 0 spiro atoms. The van der Waals surface area contributed by atoms with Crippen LogP contribution < -0.4 is 0 Å². The Kier molecular flexibility index (Phi) is 57.4. The molecule has 0 amide bonds. The number of hydrogen-bond acceptors (Lipinski definition) is 5. The summed E-state index contributed by atoms with van der Waals surface area (Å²) in [6, 6.07) is 0. The number of carbonyl (C=O) groups excluding carboxylic acids is 2. The molecule has 1 atom stereocenters. The van der Waals surface area contributed by atoms with Crippen LogP contribution in [0.15, 0.2) is 97.2 Å². The van der Waals surface area contributed by atoms with Crippen LogP contribution in [0.3, 0.4) is 0 Å². The largest absolute Gasteiger partial charge is 0.462 e. The van der Waals surface area contributed by atoms with Crippen molar-refractivity contribution >= 4 is 11.9 Å². The summed E-state index contributed by atoms with van der Waals surface area (Å²) in [5.74, 6) is -0.415. The molecule has 0 aliphatic heterocycles. The van der Waals surface area contributed by atoms with Gasteiger partial charge in [0.05, 0.1) is 6.61 Å². The molecule has 0 aliphatic carbocycles. The van der Waals surface area contributed by atoms with E-state index in [9.17, 15) is 9.59 Å². The maximum absolute atomic E-state index is 12.9. The van der Waals surface area contributed by atoms with Gasteiger partial charge in [-0.25, -0.2) is 0 Å². The summed E-state index contributed by atoms with van der Waals surface area (Å²) in [6.07, 6.45) is 81.4. The first-order valence-corrected chi connectivity index (χ1v) is 29.8. The van der Waals surface area contributed by atoms with Crippen molar-refractivity contribution in [1.82, 2.24) is 0 Å². The van der Waals surface area contributed by atoms with Crippen LogP contribution in [0.4, 0.5) is 0 Å². The second-order valence-corrected chi connectivity index (χ2v) is 19.5. The highest BCUT2D eigenvalue weighted by atomic mass is 16.6. The molecular weight excluding hydrogens is 861 g/mol. The summed E-state index contributed by atoms with van der Waals surface area (Å²) in [5, 5.41) is 0. The van der Waals surface area contributed by atoms with Crippen LogP contribution in [-0.2, 0) is 23.8 Å². The van der Waals surface area contributed by atoms with Gasteiger partial charge in [-0.15, -0.1) is 0 Å². The maximum Gasteiger partial charge on any atom is 0.306 e. The fraction of sp³-hybridized carbons (Fsp3) is 0.723. The van der Waals surface area contributed by atoms with Gasteiger partial charge in [0, 0.05) is 19.4 Å². The van der Waals surface area contributed by atoms with Gasteiger partial charge in [0.1, 0.15) is 6.61 Å². The lowest BCUT2D eigenvalue weighted by molar-refractivity contribution is -0.163. The Balaban J connectivity index is 4.33. The Bertz CT molecular complexity index is 1330. The number of hydrogen-bond donors (Lipinski definition) is 0. The van der Waals surface area contributed by atoms with Gasteiger partial charge >= 0.3 is 11.9 Å². The molecule has 70 heavy (non-hydrogen) atoms. The van der Waals surface area contributed by atoms with Crippen molar-refractivity contribution in [2.45, 2.75) is 284 Å². The number of rotatable bonds is 54. The monoisotopic (exact) mass is 973 g/mol. The van der Waals surface area contributed by atoms with E-state index >= 15 is 0 Å². The van der Waals surface area contributed by atoms with E-state index in [2.05, 4.69) is 118 Å². The van der Waals surface area contributed by atoms with Crippen molar-refractivity contribution in [2.24, 2.45) is 0 Å². The normalized spacial score (nSPS) is 12.9. The van der Waals surface area contributed by atoms with Gasteiger partial charge in [0.15, 0.2) is 6.10 Å². The molecule has 0 aliphatic rings. The van der Waals surface area contributed by atoms with Crippen LogP contribution in [-0.4, -0.2) is 37.9 Å². The Morgan fingerprint density at radius 3 is 1.04 bits per heavy atom. The van der Waals surface area contributed by atoms with Crippen LogP contribution in [0.2, 0.25) is 0 Å². The van der Waals surface area contributed by atoms with Crippen molar-refractivity contribution in [2.75, 3.05) is 19.8 Å². The molecule has 0 fully saturated rings. The highest BCUT2D eigenvalue weighted by Crippen LogP contribution is 2.15. The highest BCUT2D eigenvalue weighted by Gasteiger charge is 2.17. The molecule has 0 N–H and O–H groups in total. The molecule has 0 saturated heterocycles. The molecule has 0 aromatic carbocycles. The number of ether oxygens (including phenoxy) is 3. The second-order valence-electron chi connectivity index (χ2n) is 19.5.